The molecule has 1 N–H and O–H groups in total. The lowest BCUT2D eigenvalue weighted by Crippen LogP contribution is -2.12. The molecule has 0 saturated heterocycles. The van der Waals surface area contributed by atoms with Crippen molar-refractivity contribution < 1.29 is 4.79 Å². The number of carbonyl (C=O) groups excluding carboxylic acids is 1. The quantitative estimate of drug-likeness (QED) is 0.903. The average Bonchev–Trinajstić information content (AvgIpc) is 2.49. The summed E-state index contributed by atoms with van der Waals surface area (Å²) in [7, 11) is 0. The van der Waals surface area contributed by atoms with Crippen LogP contribution in [0.2, 0.25) is 0 Å². The number of carbonyl (C=O) groups is 1. The number of amides is 1. The fourth-order valence-electron chi connectivity index (χ4n) is 1.84. The Hall–Kier alpha value is -2.67. The number of nitrogens with zero attached hydrogens (tertiary/aromatic N) is 2. The zero-order chi connectivity index (χ0) is 14.2. The summed E-state index contributed by atoms with van der Waals surface area (Å²) in [6.45, 7) is 0. The standard InChI is InChI=1S/C16H15N3O/c17-11-14-9-10-15(18-12-14)19-16(20)8-4-7-13-5-2-1-3-6-13/h1-3,5-6,9-10,12H,4,7-8H2,(H,18,19,20). The smallest absolute Gasteiger partial charge is 0.225 e. The Labute approximate surface area is 118 Å². The molecule has 1 aromatic heterocycles. The Kier molecular flexibility index (Phi) is 4.85. The molecule has 1 heterocycles. The minimum atomic E-state index is -0.0573. The van der Waals surface area contributed by atoms with E-state index in [9.17, 15) is 4.79 Å². The molecule has 0 saturated carbocycles. The van der Waals surface area contributed by atoms with Crippen LogP contribution >= 0.6 is 0 Å². The van der Waals surface area contributed by atoms with E-state index < -0.39 is 0 Å². The first-order valence-corrected chi connectivity index (χ1v) is 6.48. The van der Waals surface area contributed by atoms with Crippen LogP contribution in [0.5, 0.6) is 0 Å². The number of nitrogens with one attached hydrogen (secondary N) is 1. The van der Waals surface area contributed by atoms with Crippen molar-refractivity contribution in [1.82, 2.24) is 4.98 Å². The summed E-state index contributed by atoms with van der Waals surface area (Å²) in [6, 6.07) is 15.3. The van der Waals surface area contributed by atoms with Crippen molar-refractivity contribution in [3.05, 3.63) is 59.8 Å². The normalized spacial score (nSPS) is 9.75. The predicted octanol–water partition coefficient (Wildman–Crippen LogP) is 2.91. The van der Waals surface area contributed by atoms with E-state index in [2.05, 4.69) is 22.4 Å². The number of rotatable bonds is 5. The van der Waals surface area contributed by atoms with Crippen LogP contribution in [0.15, 0.2) is 48.7 Å². The highest BCUT2D eigenvalue weighted by atomic mass is 16.1. The van der Waals surface area contributed by atoms with Crippen molar-refractivity contribution in [1.29, 1.82) is 5.26 Å². The lowest BCUT2D eigenvalue weighted by Gasteiger charge is -2.04. The number of benzene rings is 1. The third kappa shape index (κ3) is 4.21. The van der Waals surface area contributed by atoms with Crippen LogP contribution in [0, 0.1) is 11.3 Å². The number of aromatic nitrogens is 1. The van der Waals surface area contributed by atoms with E-state index >= 15 is 0 Å². The molecule has 2 rings (SSSR count). The van der Waals surface area contributed by atoms with Gasteiger partial charge >= 0.3 is 0 Å². The zero-order valence-corrected chi connectivity index (χ0v) is 11.0. The van der Waals surface area contributed by atoms with Gasteiger partial charge in [-0.05, 0) is 30.5 Å². The van der Waals surface area contributed by atoms with Crippen molar-refractivity contribution >= 4 is 11.7 Å². The van der Waals surface area contributed by atoms with Crippen LogP contribution in [0.25, 0.3) is 0 Å². The SMILES string of the molecule is N#Cc1ccc(NC(=O)CCCc2ccccc2)nc1. The fourth-order valence-corrected chi connectivity index (χ4v) is 1.84. The monoisotopic (exact) mass is 265 g/mol. The first-order valence-electron chi connectivity index (χ1n) is 6.48. The molecule has 100 valence electrons. The van der Waals surface area contributed by atoms with Crippen LogP contribution in [-0.4, -0.2) is 10.9 Å². The van der Waals surface area contributed by atoms with Crippen molar-refractivity contribution in [2.45, 2.75) is 19.3 Å². The van der Waals surface area contributed by atoms with E-state index in [1.807, 2.05) is 24.3 Å². The van der Waals surface area contributed by atoms with Crippen molar-refractivity contribution in [3.63, 3.8) is 0 Å². The van der Waals surface area contributed by atoms with Gasteiger partial charge in [0.1, 0.15) is 11.9 Å². The second kappa shape index (κ2) is 7.05. The molecule has 0 aliphatic carbocycles. The minimum absolute atomic E-state index is 0.0573. The van der Waals surface area contributed by atoms with E-state index in [4.69, 9.17) is 5.26 Å². The molecule has 0 fully saturated rings. The van der Waals surface area contributed by atoms with Gasteiger partial charge < -0.3 is 5.32 Å². The van der Waals surface area contributed by atoms with Crippen LogP contribution in [0.3, 0.4) is 0 Å². The molecule has 0 spiro atoms. The third-order valence-corrected chi connectivity index (χ3v) is 2.87. The van der Waals surface area contributed by atoms with Crippen LogP contribution in [0.1, 0.15) is 24.0 Å². The summed E-state index contributed by atoms with van der Waals surface area (Å²) >= 11 is 0. The Morgan fingerprint density at radius 3 is 2.65 bits per heavy atom. The van der Waals surface area contributed by atoms with Crippen LogP contribution in [0.4, 0.5) is 5.82 Å². The first kappa shape index (κ1) is 13.8. The van der Waals surface area contributed by atoms with Crippen molar-refractivity contribution in [2.75, 3.05) is 5.32 Å². The molecule has 4 nitrogen and oxygen atoms in total. The molecular formula is C16H15N3O. The maximum Gasteiger partial charge on any atom is 0.225 e. The molecule has 2 aromatic rings. The van der Waals surface area contributed by atoms with E-state index in [0.717, 1.165) is 12.8 Å². The summed E-state index contributed by atoms with van der Waals surface area (Å²) in [5.41, 5.74) is 1.71. The topological polar surface area (TPSA) is 65.8 Å². The van der Waals surface area contributed by atoms with Gasteiger partial charge in [0.15, 0.2) is 0 Å². The van der Waals surface area contributed by atoms with E-state index in [1.54, 1.807) is 12.1 Å². The van der Waals surface area contributed by atoms with Gasteiger partial charge in [0.05, 0.1) is 5.56 Å². The molecule has 20 heavy (non-hydrogen) atoms. The van der Waals surface area contributed by atoms with Gasteiger partial charge in [-0.1, -0.05) is 30.3 Å². The van der Waals surface area contributed by atoms with Crippen LogP contribution < -0.4 is 5.32 Å². The summed E-state index contributed by atoms with van der Waals surface area (Å²) in [5, 5.41) is 11.4. The Balaban J connectivity index is 1.76. The number of nitriles is 1. The second-order valence-electron chi connectivity index (χ2n) is 4.43. The molecular weight excluding hydrogens is 250 g/mol. The highest BCUT2D eigenvalue weighted by Crippen LogP contribution is 2.07. The lowest BCUT2D eigenvalue weighted by molar-refractivity contribution is -0.116. The van der Waals surface area contributed by atoms with Gasteiger partial charge in [-0.15, -0.1) is 0 Å². The molecule has 0 aliphatic heterocycles. The van der Waals surface area contributed by atoms with Gasteiger partial charge in [-0.2, -0.15) is 5.26 Å². The zero-order valence-electron chi connectivity index (χ0n) is 11.0. The first-order chi connectivity index (χ1) is 9.78. The lowest BCUT2D eigenvalue weighted by atomic mass is 10.1. The molecule has 0 bridgehead atoms. The summed E-state index contributed by atoms with van der Waals surface area (Å²) in [5.74, 6) is 0.423. The minimum Gasteiger partial charge on any atom is -0.311 e. The number of aryl methyl sites for hydroxylation is 1. The van der Waals surface area contributed by atoms with Crippen molar-refractivity contribution in [3.8, 4) is 6.07 Å². The highest BCUT2D eigenvalue weighted by molar-refractivity contribution is 5.89. The molecule has 1 aromatic carbocycles. The van der Waals surface area contributed by atoms with Crippen molar-refractivity contribution in [2.24, 2.45) is 0 Å². The Bertz CT molecular complexity index is 600. The molecule has 4 heteroatoms. The maximum atomic E-state index is 11.7. The highest BCUT2D eigenvalue weighted by Gasteiger charge is 2.03. The van der Waals surface area contributed by atoms with Gasteiger partial charge in [-0.3, -0.25) is 4.79 Å². The van der Waals surface area contributed by atoms with Gasteiger partial charge in [0.2, 0.25) is 5.91 Å². The Morgan fingerprint density at radius 2 is 2.00 bits per heavy atom. The van der Waals surface area contributed by atoms with Gasteiger partial charge in [0.25, 0.3) is 0 Å². The summed E-state index contributed by atoms with van der Waals surface area (Å²) < 4.78 is 0. The van der Waals surface area contributed by atoms with E-state index in [1.165, 1.54) is 11.8 Å². The molecule has 1 amide bonds. The molecule has 0 radical (unpaired) electrons. The Morgan fingerprint density at radius 1 is 1.20 bits per heavy atom. The maximum absolute atomic E-state index is 11.7. The summed E-state index contributed by atoms with van der Waals surface area (Å²) in [4.78, 5) is 15.7. The molecule has 0 unspecified atom stereocenters. The summed E-state index contributed by atoms with van der Waals surface area (Å²) in [6.07, 6.45) is 3.58. The fraction of sp³-hybridized carbons (Fsp3) is 0.188. The number of anilines is 1. The van der Waals surface area contributed by atoms with E-state index in [0.29, 0.717) is 17.8 Å². The number of pyridine rings is 1. The van der Waals surface area contributed by atoms with Gasteiger partial charge in [0, 0.05) is 12.6 Å². The third-order valence-electron chi connectivity index (χ3n) is 2.87. The number of hydrogen-bond donors (Lipinski definition) is 1. The molecule has 0 aliphatic rings. The molecule has 0 atom stereocenters. The predicted molar refractivity (Wildman–Crippen MR) is 77.0 cm³/mol. The second-order valence-corrected chi connectivity index (χ2v) is 4.43. The average molecular weight is 265 g/mol. The van der Waals surface area contributed by atoms with Crippen LogP contribution in [-0.2, 0) is 11.2 Å². The number of hydrogen-bond acceptors (Lipinski definition) is 3. The van der Waals surface area contributed by atoms with E-state index in [-0.39, 0.29) is 5.91 Å². The van der Waals surface area contributed by atoms with Gasteiger partial charge in [-0.25, -0.2) is 4.98 Å². The largest absolute Gasteiger partial charge is 0.311 e.